The molecule has 0 aliphatic carbocycles. The van der Waals surface area contributed by atoms with E-state index in [0.29, 0.717) is 42.6 Å². The molecule has 0 heterocycles. The number of anilines is 1. The Morgan fingerprint density at radius 3 is 2.17 bits per heavy atom. The normalized spacial score (nSPS) is 10.3. The zero-order valence-electron chi connectivity index (χ0n) is 16.7. The lowest BCUT2D eigenvalue weighted by Crippen LogP contribution is -2.14. The number of amides is 1. The van der Waals surface area contributed by atoms with Crippen LogP contribution in [0.4, 0.5) is 5.69 Å². The van der Waals surface area contributed by atoms with E-state index in [1.807, 2.05) is 68.4 Å². The van der Waals surface area contributed by atoms with Crippen LogP contribution < -0.4 is 19.5 Å². The van der Waals surface area contributed by atoms with Crippen molar-refractivity contribution in [3.63, 3.8) is 0 Å². The van der Waals surface area contributed by atoms with Crippen molar-refractivity contribution < 1.29 is 19.0 Å². The molecular formula is C24H25NO4. The molecule has 0 unspecified atom stereocenters. The summed E-state index contributed by atoms with van der Waals surface area (Å²) in [5.74, 6) is 1.67. The summed E-state index contributed by atoms with van der Waals surface area (Å²) in [7, 11) is 0. The Balaban J connectivity index is 1.64. The zero-order chi connectivity index (χ0) is 20.5. The summed E-state index contributed by atoms with van der Waals surface area (Å²) in [4.78, 5) is 12.7. The summed E-state index contributed by atoms with van der Waals surface area (Å²) < 4.78 is 16.9. The molecule has 3 aromatic rings. The van der Waals surface area contributed by atoms with Crippen molar-refractivity contribution in [3.05, 3.63) is 83.9 Å². The van der Waals surface area contributed by atoms with Crippen molar-refractivity contribution in [2.45, 2.75) is 20.5 Å². The highest BCUT2D eigenvalue weighted by molar-refractivity contribution is 6.06. The van der Waals surface area contributed by atoms with Crippen molar-refractivity contribution in [2.75, 3.05) is 18.5 Å². The fourth-order valence-corrected chi connectivity index (χ4v) is 2.80. The third-order valence-electron chi connectivity index (χ3n) is 4.17. The lowest BCUT2D eigenvalue weighted by molar-refractivity contribution is 0.102. The number of nitrogens with one attached hydrogen (secondary N) is 1. The summed E-state index contributed by atoms with van der Waals surface area (Å²) in [6, 6.07) is 22.5. The van der Waals surface area contributed by atoms with Gasteiger partial charge in [-0.15, -0.1) is 0 Å². The Hall–Kier alpha value is -3.47. The van der Waals surface area contributed by atoms with Crippen LogP contribution in [0.1, 0.15) is 29.8 Å². The van der Waals surface area contributed by atoms with Crippen LogP contribution in [-0.4, -0.2) is 19.1 Å². The topological polar surface area (TPSA) is 56.8 Å². The van der Waals surface area contributed by atoms with Gasteiger partial charge in [0.15, 0.2) is 0 Å². The average Bonchev–Trinajstić information content (AvgIpc) is 2.75. The molecule has 1 N–H and O–H groups in total. The third kappa shape index (κ3) is 5.75. The van der Waals surface area contributed by atoms with Gasteiger partial charge < -0.3 is 19.5 Å². The van der Waals surface area contributed by atoms with Gasteiger partial charge in [0.2, 0.25) is 0 Å². The van der Waals surface area contributed by atoms with E-state index in [0.717, 1.165) is 11.3 Å². The molecule has 1 amide bonds. The van der Waals surface area contributed by atoms with Gasteiger partial charge in [0, 0.05) is 11.8 Å². The van der Waals surface area contributed by atoms with Crippen molar-refractivity contribution in [3.8, 4) is 17.2 Å². The average molecular weight is 391 g/mol. The van der Waals surface area contributed by atoms with Crippen LogP contribution in [0.15, 0.2) is 72.8 Å². The summed E-state index contributed by atoms with van der Waals surface area (Å²) in [6.07, 6.45) is 0. The number of carbonyl (C=O) groups is 1. The lowest BCUT2D eigenvalue weighted by Gasteiger charge is -2.13. The highest BCUT2D eigenvalue weighted by atomic mass is 16.5. The van der Waals surface area contributed by atoms with E-state index in [2.05, 4.69) is 5.32 Å². The van der Waals surface area contributed by atoms with Crippen molar-refractivity contribution in [1.82, 2.24) is 0 Å². The van der Waals surface area contributed by atoms with Crippen molar-refractivity contribution in [1.29, 1.82) is 0 Å². The minimum Gasteiger partial charge on any atom is -0.494 e. The van der Waals surface area contributed by atoms with Crippen LogP contribution in [0.3, 0.4) is 0 Å². The minimum absolute atomic E-state index is 0.241. The molecule has 0 bridgehead atoms. The molecule has 0 aliphatic rings. The fraction of sp³-hybridized carbons (Fsp3) is 0.208. The second-order valence-corrected chi connectivity index (χ2v) is 6.28. The Labute approximate surface area is 171 Å². The van der Waals surface area contributed by atoms with E-state index in [4.69, 9.17) is 14.2 Å². The highest BCUT2D eigenvalue weighted by Crippen LogP contribution is 2.26. The van der Waals surface area contributed by atoms with Gasteiger partial charge in [0.1, 0.15) is 23.9 Å². The summed E-state index contributed by atoms with van der Waals surface area (Å²) in [5.41, 5.74) is 2.24. The second-order valence-electron chi connectivity index (χ2n) is 6.28. The maximum absolute atomic E-state index is 12.7. The number of ether oxygens (including phenoxy) is 3. The summed E-state index contributed by atoms with van der Waals surface area (Å²) >= 11 is 0. The molecule has 0 aliphatic heterocycles. The molecule has 0 spiro atoms. The molecular weight excluding hydrogens is 366 g/mol. The molecule has 0 saturated carbocycles. The van der Waals surface area contributed by atoms with Gasteiger partial charge >= 0.3 is 0 Å². The number of rotatable bonds is 9. The van der Waals surface area contributed by atoms with Crippen LogP contribution in [0.5, 0.6) is 17.2 Å². The first kappa shape index (κ1) is 20.3. The van der Waals surface area contributed by atoms with Gasteiger partial charge in [-0.05, 0) is 55.8 Å². The number of hydrogen-bond acceptors (Lipinski definition) is 4. The van der Waals surface area contributed by atoms with Gasteiger partial charge in [-0.2, -0.15) is 0 Å². The molecule has 0 saturated heterocycles. The standard InChI is InChI=1S/C24H25NO4/c1-3-27-21-14-15-22(23(16-21)28-4-2)24(26)25-19-10-12-20(13-11-19)29-17-18-8-6-5-7-9-18/h5-16H,3-4,17H2,1-2H3,(H,25,26). The minimum atomic E-state index is -0.241. The predicted octanol–water partition coefficient (Wildman–Crippen LogP) is 5.32. The van der Waals surface area contributed by atoms with E-state index < -0.39 is 0 Å². The second kappa shape index (κ2) is 10.2. The number of benzene rings is 3. The monoisotopic (exact) mass is 391 g/mol. The van der Waals surface area contributed by atoms with Crippen LogP contribution in [0.2, 0.25) is 0 Å². The maximum atomic E-state index is 12.7. The maximum Gasteiger partial charge on any atom is 0.259 e. The molecule has 29 heavy (non-hydrogen) atoms. The van der Waals surface area contributed by atoms with Crippen LogP contribution in [0.25, 0.3) is 0 Å². The number of hydrogen-bond donors (Lipinski definition) is 1. The molecule has 5 heteroatoms. The van der Waals surface area contributed by atoms with Gasteiger partial charge in [-0.3, -0.25) is 4.79 Å². The Bertz CT molecular complexity index is 923. The largest absolute Gasteiger partial charge is 0.494 e. The molecule has 150 valence electrons. The van der Waals surface area contributed by atoms with Gasteiger partial charge in [0.05, 0.1) is 18.8 Å². The van der Waals surface area contributed by atoms with Crippen LogP contribution in [-0.2, 0) is 6.61 Å². The van der Waals surface area contributed by atoms with E-state index in [9.17, 15) is 4.79 Å². The first-order valence-corrected chi connectivity index (χ1v) is 9.67. The Morgan fingerprint density at radius 1 is 0.793 bits per heavy atom. The van der Waals surface area contributed by atoms with E-state index in [-0.39, 0.29) is 5.91 Å². The van der Waals surface area contributed by atoms with Gasteiger partial charge in [-0.25, -0.2) is 0 Å². The highest BCUT2D eigenvalue weighted by Gasteiger charge is 2.14. The summed E-state index contributed by atoms with van der Waals surface area (Å²) in [5, 5.41) is 2.89. The van der Waals surface area contributed by atoms with E-state index >= 15 is 0 Å². The molecule has 0 fully saturated rings. The van der Waals surface area contributed by atoms with Crippen LogP contribution in [0, 0.1) is 0 Å². The lowest BCUT2D eigenvalue weighted by atomic mass is 10.1. The summed E-state index contributed by atoms with van der Waals surface area (Å²) in [6.45, 7) is 5.30. The zero-order valence-corrected chi connectivity index (χ0v) is 16.7. The first-order chi connectivity index (χ1) is 14.2. The SMILES string of the molecule is CCOc1ccc(C(=O)Nc2ccc(OCc3ccccc3)cc2)c(OCC)c1. The molecule has 0 aromatic heterocycles. The smallest absolute Gasteiger partial charge is 0.259 e. The quantitative estimate of drug-likeness (QED) is 0.537. The molecule has 0 radical (unpaired) electrons. The Morgan fingerprint density at radius 2 is 1.48 bits per heavy atom. The first-order valence-electron chi connectivity index (χ1n) is 9.67. The van der Waals surface area contributed by atoms with E-state index in [1.54, 1.807) is 18.2 Å². The molecule has 3 aromatic carbocycles. The van der Waals surface area contributed by atoms with E-state index in [1.165, 1.54) is 0 Å². The number of carbonyl (C=O) groups excluding carboxylic acids is 1. The van der Waals surface area contributed by atoms with Crippen LogP contribution >= 0.6 is 0 Å². The molecule has 0 atom stereocenters. The van der Waals surface area contributed by atoms with Gasteiger partial charge in [-0.1, -0.05) is 30.3 Å². The van der Waals surface area contributed by atoms with Gasteiger partial charge in [0.25, 0.3) is 5.91 Å². The molecule has 5 nitrogen and oxygen atoms in total. The third-order valence-corrected chi connectivity index (χ3v) is 4.17. The Kier molecular flexibility index (Phi) is 7.11. The predicted molar refractivity (Wildman–Crippen MR) is 114 cm³/mol. The van der Waals surface area contributed by atoms with Crippen molar-refractivity contribution in [2.24, 2.45) is 0 Å². The fourth-order valence-electron chi connectivity index (χ4n) is 2.80. The van der Waals surface area contributed by atoms with Crippen molar-refractivity contribution >= 4 is 11.6 Å². The molecule has 3 rings (SSSR count).